The van der Waals surface area contributed by atoms with Gasteiger partial charge < -0.3 is 10.3 Å². The summed E-state index contributed by atoms with van der Waals surface area (Å²) in [6.07, 6.45) is 1.69. The molecule has 5 heteroatoms. The van der Waals surface area contributed by atoms with Gasteiger partial charge in [0, 0.05) is 17.1 Å². The van der Waals surface area contributed by atoms with Crippen LogP contribution in [0.5, 0.6) is 0 Å². The molecule has 0 aliphatic heterocycles. The van der Waals surface area contributed by atoms with E-state index < -0.39 is 11.2 Å². The van der Waals surface area contributed by atoms with Crippen LogP contribution in [0, 0.1) is 11.6 Å². The molecule has 0 unspecified atom stereocenters. The summed E-state index contributed by atoms with van der Waals surface area (Å²) in [4.78, 5) is 15.7. The second-order valence-electron chi connectivity index (χ2n) is 5.95. The molecule has 1 aromatic heterocycles. The summed E-state index contributed by atoms with van der Waals surface area (Å²) >= 11 is 0. The average molecular weight is 314 g/mol. The van der Waals surface area contributed by atoms with Crippen LogP contribution < -0.4 is 5.32 Å². The van der Waals surface area contributed by atoms with Gasteiger partial charge in [-0.3, -0.25) is 4.79 Å². The number of nitrogens with one attached hydrogen (secondary N) is 2. The van der Waals surface area contributed by atoms with Gasteiger partial charge in [0.1, 0.15) is 11.6 Å². The van der Waals surface area contributed by atoms with Crippen molar-refractivity contribution in [3.05, 3.63) is 65.9 Å². The van der Waals surface area contributed by atoms with Crippen LogP contribution in [-0.2, 0) is 10.2 Å². The van der Waals surface area contributed by atoms with Crippen molar-refractivity contribution in [3.63, 3.8) is 0 Å². The van der Waals surface area contributed by atoms with Gasteiger partial charge in [-0.15, -0.1) is 0 Å². The molecule has 2 N–H and O–H groups in total. The maximum atomic E-state index is 13.7. The standard InChI is InChI=1S/C18H16F2N2O/c1-18(2,17(23)22-16-6-4-3-5-14(16)20)13-10-21-15-8-7-11(19)9-12(13)15/h3-10,21H,1-2H3,(H,22,23). The van der Waals surface area contributed by atoms with Gasteiger partial charge >= 0.3 is 0 Å². The Morgan fingerprint density at radius 1 is 1.13 bits per heavy atom. The van der Waals surface area contributed by atoms with Crippen molar-refractivity contribution < 1.29 is 13.6 Å². The second-order valence-corrected chi connectivity index (χ2v) is 5.95. The number of halogens is 2. The number of para-hydroxylation sites is 1. The maximum absolute atomic E-state index is 13.7. The van der Waals surface area contributed by atoms with E-state index >= 15 is 0 Å². The molecular weight excluding hydrogens is 298 g/mol. The molecule has 0 saturated heterocycles. The fraction of sp³-hybridized carbons (Fsp3) is 0.167. The van der Waals surface area contributed by atoms with Crippen LogP contribution in [0.4, 0.5) is 14.5 Å². The summed E-state index contributed by atoms with van der Waals surface area (Å²) in [7, 11) is 0. The van der Waals surface area contributed by atoms with Crippen LogP contribution in [0.25, 0.3) is 10.9 Å². The van der Waals surface area contributed by atoms with Gasteiger partial charge in [-0.05, 0) is 49.7 Å². The summed E-state index contributed by atoms with van der Waals surface area (Å²) in [6.45, 7) is 3.44. The summed E-state index contributed by atoms with van der Waals surface area (Å²) in [5.74, 6) is -1.24. The van der Waals surface area contributed by atoms with Crippen molar-refractivity contribution in [1.29, 1.82) is 0 Å². The minimum atomic E-state index is -0.964. The van der Waals surface area contributed by atoms with Crippen molar-refractivity contribution in [2.75, 3.05) is 5.32 Å². The van der Waals surface area contributed by atoms with Gasteiger partial charge in [0.25, 0.3) is 0 Å². The highest BCUT2D eigenvalue weighted by atomic mass is 19.1. The highest BCUT2D eigenvalue weighted by Gasteiger charge is 2.32. The van der Waals surface area contributed by atoms with E-state index in [4.69, 9.17) is 0 Å². The third kappa shape index (κ3) is 2.70. The number of amides is 1. The highest BCUT2D eigenvalue weighted by Crippen LogP contribution is 2.32. The molecule has 23 heavy (non-hydrogen) atoms. The fourth-order valence-electron chi connectivity index (χ4n) is 2.57. The highest BCUT2D eigenvalue weighted by molar-refractivity contribution is 6.01. The lowest BCUT2D eigenvalue weighted by atomic mass is 9.83. The van der Waals surface area contributed by atoms with Gasteiger partial charge in [0.15, 0.2) is 0 Å². The van der Waals surface area contributed by atoms with Crippen LogP contribution in [0.3, 0.4) is 0 Å². The van der Waals surface area contributed by atoms with Crippen molar-refractivity contribution in [1.82, 2.24) is 4.98 Å². The Labute approximate surface area is 132 Å². The molecule has 3 rings (SSSR count). The summed E-state index contributed by atoms with van der Waals surface area (Å²) < 4.78 is 27.2. The topological polar surface area (TPSA) is 44.9 Å². The van der Waals surface area contributed by atoms with Crippen LogP contribution in [0.15, 0.2) is 48.7 Å². The van der Waals surface area contributed by atoms with E-state index in [2.05, 4.69) is 10.3 Å². The van der Waals surface area contributed by atoms with Gasteiger partial charge in [-0.1, -0.05) is 12.1 Å². The van der Waals surface area contributed by atoms with Crippen LogP contribution in [-0.4, -0.2) is 10.9 Å². The zero-order valence-corrected chi connectivity index (χ0v) is 12.8. The number of fused-ring (bicyclic) bond motifs is 1. The Bertz CT molecular complexity index is 884. The molecule has 0 fully saturated rings. The van der Waals surface area contributed by atoms with Crippen molar-refractivity contribution in [3.8, 4) is 0 Å². The fourth-order valence-corrected chi connectivity index (χ4v) is 2.57. The number of rotatable bonds is 3. The van der Waals surface area contributed by atoms with Crippen LogP contribution in [0.1, 0.15) is 19.4 Å². The Morgan fingerprint density at radius 3 is 2.61 bits per heavy atom. The first-order chi connectivity index (χ1) is 10.9. The molecule has 0 aliphatic carbocycles. The monoisotopic (exact) mass is 314 g/mol. The number of hydrogen-bond donors (Lipinski definition) is 2. The molecule has 3 nitrogen and oxygen atoms in total. The number of hydrogen-bond acceptors (Lipinski definition) is 1. The molecule has 2 aromatic carbocycles. The number of benzene rings is 2. The number of H-pyrrole nitrogens is 1. The van der Waals surface area contributed by atoms with E-state index in [0.29, 0.717) is 10.9 Å². The van der Waals surface area contributed by atoms with E-state index in [0.717, 1.165) is 5.52 Å². The van der Waals surface area contributed by atoms with Gasteiger partial charge in [-0.25, -0.2) is 8.78 Å². The summed E-state index contributed by atoms with van der Waals surface area (Å²) in [5, 5.41) is 3.23. The number of anilines is 1. The SMILES string of the molecule is CC(C)(C(=O)Nc1ccccc1F)c1c[nH]c2ccc(F)cc12. The predicted octanol–water partition coefficient (Wildman–Crippen LogP) is 4.36. The normalized spacial score (nSPS) is 11.7. The maximum Gasteiger partial charge on any atom is 0.234 e. The number of aromatic amines is 1. The third-order valence-electron chi connectivity index (χ3n) is 4.01. The summed E-state index contributed by atoms with van der Waals surface area (Å²) in [5.41, 5.74) is 0.555. The van der Waals surface area contributed by atoms with Crippen LogP contribution >= 0.6 is 0 Å². The quantitative estimate of drug-likeness (QED) is 0.741. The Balaban J connectivity index is 1.98. The molecule has 3 aromatic rings. The van der Waals surface area contributed by atoms with E-state index in [1.807, 2.05) is 0 Å². The lowest BCUT2D eigenvalue weighted by molar-refractivity contribution is -0.120. The molecule has 0 aliphatic rings. The molecule has 0 saturated carbocycles. The number of carbonyl (C=O) groups excluding carboxylic acids is 1. The van der Waals surface area contributed by atoms with E-state index in [-0.39, 0.29) is 17.4 Å². The molecule has 0 spiro atoms. The lowest BCUT2D eigenvalue weighted by Gasteiger charge is -2.23. The zero-order valence-electron chi connectivity index (χ0n) is 12.8. The zero-order chi connectivity index (χ0) is 16.6. The largest absolute Gasteiger partial charge is 0.361 e. The Hall–Kier alpha value is -2.69. The van der Waals surface area contributed by atoms with E-state index in [1.165, 1.54) is 24.3 Å². The number of aromatic nitrogens is 1. The molecule has 0 radical (unpaired) electrons. The molecular formula is C18H16F2N2O. The molecule has 1 heterocycles. The second kappa shape index (κ2) is 5.50. The smallest absolute Gasteiger partial charge is 0.234 e. The lowest BCUT2D eigenvalue weighted by Crippen LogP contribution is -2.34. The minimum Gasteiger partial charge on any atom is -0.361 e. The van der Waals surface area contributed by atoms with Crippen molar-refractivity contribution in [2.24, 2.45) is 0 Å². The average Bonchev–Trinajstić information content (AvgIpc) is 2.93. The minimum absolute atomic E-state index is 0.122. The molecule has 0 bridgehead atoms. The third-order valence-corrected chi connectivity index (χ3v) is 4.01. The van der Waals surface area contributed by atoms with E-state index in [1.54, 1.807) is 38.2 Å². The van der Waals surface area contributed by atoms with Gasteiger partial charge in [-0.2, -0.15) is 0 Å². The predicted molar refractivity (Wildman–Crippen MR) is 86.3 cm³/mol. The first kappa shape index (κ1) is 15.2. The van der Waals surface area contributed by atoms with Gasteiger partial charge in [0.05, 0.1) is 11.1 Å². The van der Waals surface area contributed by atoms with E-state index in [9.17, 15) is 13.6 Å². The van der Waals surface area contributed by atoms with Gasteiger partial charge in [0.2, 0.25) is 5.91 Å². The Kier molecular flexibility index (Phi) is 3.64. The summed E-state index contributed by atoms with van der Waals surface area (Å²) in [6, 6.07) is 10.3. The molecule has 1 amide bonds. The van der Waals surface area contributed by atoms with Crippen molar-refractivity contribution in [2.45, 2.75) is 19.3 Å². The van der Waals surface area contributed by atoms with Crippen molar-refractivity contribution >= 4 is 22.5 Å². The first-order valence-corrected chi connectivity index (χ1v) is 7.22. The number of carbonyl (C=O) groups is 1. The first-order valence-electron chi connectivity index (χ1n) is 7.22. The molecule has 118 valence electrons. The molecule has 0 atom stereocenters. The Morgan fingerprint density at radius 2 is 1.87 bits per heavy atom. The van der Waals surface area contributed by atoms with Crippen LogP contribution in [0.2, 0.25) is 0 Å².